The van der Waals surface area contributed by atoms with Gasteiger partial charge in [0.25, 0.3) is 0 Å². The minimum atomic E-state index is -0.556. The van der Waals surface area contributed by atoms with Crippen LogP contribution in [0.2, 0.25) is 0 Å². The SMILES string of the molecule is CC#Cc1ccc(C(=O)Oc2ccc(OC(=O)c3ccc(O)cc3)cc2)cc1. The number of rotatable bonds is 4. The number of hydrogen-bond donors (Lipinski definition) is 1. The minimum absolute atomic E-state index is 0.0654. The van der Waals surface area contributed by atoms with Crippen molar-refractivity contribution in [1.29, 1.82) is 0 Å². The number of phenols is 1. The van der Waals surface area contributed by atoms with Crippen LogP contribution in [-0.2, 0) is 0 Å². The molecule has 0 radical (unpaired) electrons. The normalized spacial score (nSPS) is 9.75. The third-order valence-electron chi connectivity index (χ3n) is 3.74. The van der Waals surface area contributed by atoms with Gasteiger partial charge in [0.1, 0.15) is 17.2 Å². The summed E-state index contributed by atoms with van der Waals surface area (Å²) in [5.41, 5.74) is 1.54. The fraction of sp³-hybridized carbons (Fsp3) is 0.0435. The van der Waals surface area contributed by atoms with Gasteiger partial charge in [-0.15, -0.1) is 5.92 Å². The van der Waals surface area contributed by atoms with Crippen LogP contribution in [0, 0.1) is 11.8 Å². The fourth-order valence-corrected chi connectivity index (χ4v) is 2.34. The molecule has 0 aliphatic rings. The summed E-state index contributed by atoms with van der Waals surface area (Å²) < 4.78 is 10.6. The molecule has 0 unspecified atom stereocenters. The number of carbonyl (C=O) groups excluding carboxylic acids is 2. The molecule has 0 bridgehead atoms. The standard InChI is InChI=1S/C23H16O5/c1-2-3-16-4-6-17(7-5-16)22(25)27-20-12-14-21(15-13-20)28-23(26)18-8-10-19(24)11-9-18/h4-15,24H,1H3. The van der Waals surface area contributed by atoms with Crippen molar-refractivity contribution in [3.8, 4) is 29.1 Å². The van der Waals surface area contributed by atoms with Crippen LogP contribution in [-0.4, -0.2) is 17.0 Å². The van der Waals surface area contributed by atoms with Crippen LogP contribution in [0.1, 0.15) is 33.2 Å². The molecule has 5 heteroatoms. The lowest BCUT2D eigenvalue weighted by Crippen LogP contribution is -2.09. The molecule has 0 aromatic heterocycles. The maximum absolute atomic E-state index is 12.2. The summed E-state index contributed by atoms with van der Waals surface area (Å²) in [4.78, 5) is 24.2. The van der Waals surface area contributed by atoms with Crippen molar-refractivity contribution in [3.63, 3.8) is 0 Å². The van der Waals surface area contributed by atoms with Crippen LogP contribution in [0.3, 0.4) is 0 Å². The van der Waals surface area contributed by atoms with Crippen molar-refractivity contribution in [2.45, 2.75) is 6.92 Å². The first kappa shape index (κ1) is 18.7. The number of hydrogen-bond acceptors (Lipinski definition) is 5. The minimum Gasteiger partial charge on any atom is -0.508 e. The number of benzene rings is 3. The topological polar surface area (TPSA) is 72.8 Å². The van der Waals surface area contributed by atoms with Gasteiger partial charge in [0, 0.05) is 5.56 Å². The molecular weight excluding hydrogens is 356 g/mol. The molecule has 0 spiro atoms. The van der Waals surface area contributed by atoms with Gasteiger partial charge >= 0.3 is 11.9 Å². The van der Waals surface area contributed by atoms with E-state index in [9.17, 15) is 14.7 Å². The van der Waals surface area contributed by atoms with Gasteiger partial charge < -0.3 is 14.6 Å². The second kappa shape index (κ2) is 8.56. The highest BCUT2D eigenvalue weighted by Gasteiger charge is 2.11. The molecular formula is C23H16O5. The average Bonchev–Trinajstić information content (AvgIpc) is 2.70. The lowest BCUT2D eigenvalue weighted by Gasteiger charge is -2.07. The first-order chi connectivity index (χ1) is 13.5. The Labute approximate surface area is 162 Å². The second-order valence-electron chi connectivity index (χ2n) is 5.75. The van der Waals surface area contributed by atoms with Crippen molar-refractivity contribution < 1.29 is 24.2 Å². The van der Waals surface area contributed by atoms with E-state index in [0.717, 1.165) is 5.56 Å². The molecule has 0 aliphatic heterocycles. The van der Waals surface area contributed by atoms with E-state index in [0.29, 0.717) is 22.6 Å². The lowest BCUT2D eigenvalue weighted by atomic mass is 10.1. The number of carbonyl (C=O) groups is 2. The van der Waals surface area contributed by atoms with Crippen molar-refractivity contribution in [3.05, 3.63) is 89.5 Å². The summed E-state index contributed by atoms with van der Waals surface area (Å²) in [6.45, 7) is 1.74. The van der Waals surface area contributed by atoms with Crippen LogP contribution >= 0.6 is 0 Å². The molecule has 0 saturated carbocycles. The predicted molar refractivity (Wildman–Crippen MR) is 103 cm³/mol. The Hall–Kier alpha value is -4.04. The zero-order valence-corrected chi connectivity index (χ0v) is 15.0. The Morgan fingerprint density at radius 1 is 0.714 bits per heavy atom. The van der Waals surface area contributed by atoms with Crippen molar-refractivity contribution in [2.75, 3.05) is 0 Å². The maximum Gasteiger partial charge on any atom is 0.343 e. The largest absolute Gasteiger partial charge is 0.508 e. The molecule has 1 N–H and O–H groups in total. The number of aromatic hydroxyl groups is 1. The highest BCUT2D eigenvalue weighted by Crippen LogP contribution is 2.20. The van der Waals surface area contributed by atoms with Gasteiger partial charge in [-0.05, 0) is 79.7 Å². The molecule has 3 aromatic rings. The lowest BCUT2D eigenvalue weighted by molar-refractivity contribution is 0.0719. The molecule has 138 valence electrons. The summed E-state index contributed by atoms with van der Waals surface area (Å²) in [6, 6.07) is 18.7. The number of ether oxygens (including phenoxy) is 2. The van der Waals surface area contributed by atoms with E-state index in [1.165, 1.54) is 48.5 Å². The van der Waals surface area contributed by atoms with E-state index in [1.54, 1.807) is 31.2 Å². The van der Waals surface area contributed by atoms with Gasteiger partial charge in [0.15, 0.2) is 0 Å². The zero-order chi connectivity index (χ0) is 19.9. The van der Waals surface area contributed by atoms with Gasteiger partial charge in [-0.1, -0.05) is 5.92 Å². The van der Waals surface area contributed by atoms with E-state index >= 15 is 0 Å². The summed E-state index contributed by atoms with van der Waals surface area (Å²) in [5.74, 6) is 5.34. The van der Waals surface area contributed by atoms with Crippen molar-refractivity contribution in [1.82, 2.24) is 0 Å². The molecule has 0 aliphatic carbocycles. The molecule has 0 saturated heterocycles. The van der Waals surface area contributed by atoms with E-state index in [2.05, 4.69) is 11.8 Å². The fourth-order valence-electron chi connectivity index (χ4n) is 2.34. The molecule has 3 rings (SSSR count). The van der Waals surface area contributed by atoms with Crippen LogP contribution < -0.4 is 9.47 Å². The van der Waals surface area contributed by atoms with E-state index in [-0.39, 0.29) is 5.75 Å². The first-order valence-corrected chi connectivity index (χ1v) is 8.41. The highest BCUT2D eigenvalue weighted by atomic mass is 16.5. The Bertz CT molecular complexity index is 1040. The number of phenolic OH excluding ortho intramolecular Hbond substituents is 1. The summed E-state index contributed by atoms with van der Waals surface area (Å²) in [7, 11) is 0. The third kappa shape index (κ3) is 4.77. The molecule has 0 amide bonds. The summed E-state index contributed by atoms with van der Waals surface area (Å²) in [5, 5.41) is 9.25. The van der Waals surface area contributed by atoms with Gasteiger partial charge in [-0.25, -0.2) is 9.59 Å². The molecule has 3 aromatic carbocycles. The Kier molecular flexibility index (Phi) is 5.73. The van der Waals surface area contributed by atoms with Gasteiger partial charge in [0.05, 0.1) is 11.1 Å². The smallest absolute Gasteiger partial charge is 0.343 e. The van der Waals surface area contributed by atoms with Crippen LogP contribution in [0.15, 0.2) is 72.8 Å². The van der Waals surface area contributed by atoms with Gasteiger partial charge in [-0.2, -0.15) is 0 Å². The molecule has 5 nitrogen and oxygen atoms in total. The van der Waals surface area contributed by atoms with Crippen LogP contribution in [0.4, 0.5) is 0 Å². The van der Waals surface area contributed by atoms with E-state index in [4.69, 9.17) is 9.47 Å². The zero-order valence-electron chi connectivity index (χ0n) is 15.0. The Balaban J connectivity index is 1.62. The Morgan fingerprint density at radius 2 is 1.14 bits per heavy atom. The number of esters is 2. The summed E-state index contributed by atoms with van der Waals surface area (Å²) in [6.07, 6.45) is 0. The first-order valence-electron chi connectivity index (χ1n) is 8.41. The second-order valence-corrected chi connectivity index (χ2v) is 5.75. The molecule has 0 fully saturated rings. The van der Waals surface area contributed by atoms with Crippen molar-refractivity contribution >= 4 is 11.9 Å². The predicted octanol–water partition coefficient (Wildman–Crippen LogP) is 4.20. The average molecular weight is 372 g/mol. The molecule has 0 heterocycles. The third-order valence-corrected chi connectivity index (χ3v) is 3.74. The maximum atomic E-state index is 12.2. The van der Waals surface area contributed by atoms with Gasteiger partial charge in [-0.3, -0.25) is 0 Å². The van der Waals surface area contributed by atoms with Crippen molar-refractivity contribution in [2.24, 2.45) is 0 Å². The Morgan fingerprint density at radius 3 is 1.57 bits per heavy atom. The van der Waals surface area contributed by atoms with E-state index in [1.807, 2.05) is 0 Å². The highest BCUT2D eigenvalue weighted by molar-refractivity contribution is 5.92. The monoisotopic (exact) mass is 372 g/mol. The molecule has 0 atom stereocenters. The van der Waals surface area contributed by atoms with Crippen LogP contribution in [0.5, 0.6) is 17.2 Å². The summed E-state index contributed by atoms with van der Waals surface area (Å²) >= 11 is 0. The van der Waals surface area contributed by atoms with Gasteiger partial charge in [0.2, 0.25) is 0 Å². The quantitative estimate of drug-likeness (QED) is 0.422. The van der Waals surface area contributed by atoms with E-state index < -0.39 is 11.9 Å². The molecule has 28 heavy (non-hydrogen) atoms. The van der Waals surface area contributed by atoms with Crippen LogP contribution in [0.25, 0.3) is 0 Å².